The van der Waals surface area contributed by atoms with Crippen LogP contribution < -0.4 is 10.2 Å². The van der Waals surface area contributed by atoms with Crippen LogP contribution in [0.25, 0.3) is 0 Å². The first-order chi connectivity index (χ1) is 12.6. The van der Waals surface area contributed by atoms with E-state index in [2.05, 4.69) is 31.1 Å². The van der Waals surface area contributed by atoms with Gasteiger partial charge in [-0.2, -0.15) is 0 Å². The molecule has 2 aliphatic rings. The van der Waals surface area contributed by atoms with Crippen LogP contribution in [0.4, 0.5) is 5.82 Å². The highest BCUT2D eigenvalue weighted by Gasteiger charge is 2.26. The van der Waals surface area contributed by atoms with Gasteiger partial charge in [-0.05, 0) is 67.4 Å². The molecule has 0 unspecified atom stereocenters. The van der Waals surface area contributed by atoms with Crippen LogP contribution in [0.1, 0.15) is 52.4 Å². The van der Waals surface area contributed by atoms with Crippen molar-refractivity contribution in [2.45, 2.75) is 51.5 Å². The van der Waals surface area contributed by atoms with Gasteiger partial charge in [0.25, 0.3) is 5.91 Å². The molecular formula is C19H23BrN4OS. The summed E-state index contributed by atoms with van der Waals surface area (Å²) in [5, 5.41) is 5.13. The molecule has 3 heterocycles. The number of fused-ring (bicyclic) bond motifs is 1. The van der Waals surface area contributed by atoms with Crippen molar-refractivity contribution in [2.24, 2.45) is 0 Å². The number of thiophene rings is 1. The summed E-state index contributed by atoms with van der Waals surface area (Å²) in [5.41, 5.74) is 2.60. The van der Waals surface area contributed by atoms with E-state index in [0.29, 0.717) is 0 Å². The molecule has 2 aromatic heterocycles. The number of carbonyl (C=O) groups excluding carboxylic acids is 1. The normalized spacial score (nSPS) is 17.8. The van der Waals surface area contributed by atoms with Crippen molar-refractivity contribution in [1.29, 1.82) is 0 Å². The van der Waals surface area contributed by atoms with Gasteiger partial charge < -0.3 is 10.2 Å². The minimum atomic E-state index is 0.0365. The smallest absolute Gasteiger partial charge is 0.261 e. The van der Waals surface area contributed by atoms with E-state index >= 15 is 0 Å². The quantitative estimate of drug-likeness (QED) is 0.795. The highest BCUT2D eigenvalue weighted by atomic mass is 79.9. The fourth-order valence-electron chi connectivity index (χ4n) is 3.88. The second-order valence-electron chi connectivity index (χ2n) is 7.09. The lowest BCUT2D eigenvalue weighted by Gasteiger charge is -2.35. The van der Waals surface area contributed by atoms with Gasteiger partial charge in [0.1, 0.15) is 11.6 Å². The van der Waals surface area contributed by atoms with Crippen molar-refractivity contribution in [3.05, 3.63) is 37.9 Å². The topological polar surface area (TPSA) is 58.1 Å². The number of piperidine rings is 1. The minimum Gasteiger partial charge on any atom is -0.356 e. The summed E-state index contributed by atoms with van der Waals surface area (Å²) in [5.74, 6) is 2.05. The van der Waals surface area contributed by atoms with Gasteiger partial charge in [-0.25, -0.2) is 9.97 Å². The molecule has 1 aliphatic carbocycles. The van der Waals surface area contributed by atoms with Crippen molar-refractivity contribution >= 4 is 39.0 Å². The largest absolute Gasteiger partial charge is 0.356 e. The molecule has 1 fully saturated rings. The number of nitrogens with one attached hydrogen (secondary N) is 1. The van der Waals surface area contributed by atoms with Gasteiger partial charge in [0.15, 0.2) is 0 Å². The van der Waals surface area contributed by atoms with Crippen LogP contribution in [0.3, 0.4) is 0 Å². The molecule has 138 valence electrons. The number of aromatic nitrogens is 2. The van der Waals surface area contributed by atoms with E-state index in [-0.39, 0.29) is 11.9 Å². The van der Waals surface area contributed by atoms with Crippen LogP contribution >= 0.6 is 27.3 Å². The molecule has 0 saturated carbocycles. The summed E-state index contributed by atoms with van der Waals surface area (Å²) < 4.78 is 0.964. The lowest BCUT2D eigenvalue weighted by molar-refractivity contribution is 0.0935. The third kappa shape index (κ3) is 3.78. The van der Waals surface area contributed by atoms with Gasteiger partial charge in [-0.1, -0.05) is 0 Å². The average molecular weight is 435 g/mol. The zero-order valence-electron chi connectivity index (χ0n) is 14.9. The molecular weight excluding hydrogens is 412 g/mol. The van der Waals surface area contributed by atoms with Crippen LogP contribution in [-0.4, -0.2) is 35.0 Å². The average Bonchev–Trinajstić information content (AvgIpc) is 3.08. The Hall–Kier alpha value is -1.47. The molecule has 1 N–H and O–H groups in total. The number of carbonyl (C=O) groups is 1. The van der Waals surface area contributed by atoms with Crippen molar-refractivity contribution in [3.8, 4) is 0 Å². The van der Waals surface area contributed by atoms with E-state index in [1.807, 2.05) is 18.4 Å². The summed E-state index contributed by atoms with van der Waals surface area (Å²) in [6.07, 6.45) is 6.54. The van der Waals surface area contributed by atoms with E-state index < -0.39 is 0 Å². The number of hydrogen-bond acceptors (Lipinski definition) is 5. The molecule has 1 saturated heterocycles. The summed E-state index contributed by atoms with van der Waals surface area (Å²) in [4.78, 5) is 24.9. The predicted molar refractivity (Wildman–Crippen MR) is 108 cm³/mol. The van der Waals surface area contributed by atoms with Gasteiger partial charge in [0.05, 0.1) is 4.88 Å². The Bertz CT molecular complexity index is 814. The molecule has 7 heteroatoms. The number of amides is 1. The lowest BCUT2D eigenvalue weighted by Crippen LogP contribution is -2.45. The van der Waals surface area contributed by atoms with Crippen molar-refractivity contribution < 1.29 is 4.79 Å². The van der Waals surface area contributed by atoms with Crippen LogP contribution in [0, 0.1) is 6.92 Å². The third-order valence-corrected chi connectivity index (χ3v) is 6.88. The van der Waals surface area contributed by atoms with Crippen LogP contribution in [0.2, 0.25) is 0 Å². The number of anilines is 1. The number of hydrogen-bond donors (Lipinski definition) is 1. The monoisotopic (exact) mass is 434 g/mol. The maximum atomic E-state index is 12.4. The Labute approximate surface area is 166 Å². The van der Waals surface area contributed by atoms with E-state index in [9.17, 15) is 4.79 Å². The Balaban J connectivity index is 1.41. The fourth-order valence-corrected chi connectivity index (χ4v) is 5.21. The van der Waals surface area contributed by atoms with E-state index in [4.69, 9.17) is 4.98 Å². The van der Waals surface area contributed by atoms with E-state index in [1.165, 1.54) is 35.4 Å². The molecule has 2 aromatic rings. The second-order valence-corrected chi connectivity index (χ2v) is 8.92. The zero-order chi connectivity index (χ0) is 18.1. The molecule has 0 bridgehead atoms. The van der Waals surface area contributed by atoms with Gasteiger partial charge >= 0.3 is 0 Å². The molecule has 1 amide bonds. The second kappa shape index (κ2) is 7.64. The number of nitrogens with zero attached hydrogens (tertiary/aromatic N) is 3. The fraction of sp³-hybridized carbons (Fsp3) is 0.526. The maximum Gasteiger partial charge on any atom is 0.261 e. The van der Waals surface area contributed by atoms with Crippen molar-refractivity contribution in [1.82, 2.24) is 15.3 Å². The molecule has 0 atom stereocenters. The van der Waals surface area contributed by atoms with Crippen molar-refractivity contribution in [3.63, 3.8) is 0 Å². The molecule has 0 aromatic carbocycles. The third-order valence-electron chi connectivity index (χ3n) is 5.19. The van der Waals surface area contributed by atoms with Crippen LogP contribution in [0.15, 0.2) is 15.9 Å². The summed E-state index contributed by atoms with van der Waals surface area (Å²) in [7, 11) is 0. The Morgan fingerprint density at radius 1 is 1.27 bits per heavy atom. The van der Waals surface area contributed by atoms with Crippen molar-refractivity contribution in [2.75, 3.05) is 18.0 Å². The first-order valence-electron chi connectivity index (χ1n) is 9.26. The first-order valence-corrected chi connectivity index (χ1v) is 10.9. The Kier molecular flexibility index (Phi) is 5.27. The minimum absolute atomic E-state index is 0.0365. The van der Waals surface area contributed by atoms with Gasteiger partial charge in [-0.15, -0.1) is 11.3 Å². The molecule has 5 nitrogen and oxygen atoms in total. The van der Waals surface area contributed by atoms with Crippen LogP contribution in [-0.2, 0) is 12.8 Å². The summed E-state index contributed by atoms with van der Waals surface area (Å²) in [6.45, 7) is 3.86. The van der Waals surface area contributed by atoms with Gasteiger partial charge in [0.2, 0.25) is 0 Å². The number of halogens is 1. The van der Waals surface area contributed by atoms with E-state index in [1.54, 1.807) is 0 Å². The molecule has 0 radical (unpaired) electrons. The van der Waals surface area contributed by atoms with Gasteiger partial charge in [0, 0.05) is 40.2 Å². The predicted octanol–water partition coefficient (Wildman–Crippen LogP) is 3.89. The Morgan fingerprint density at radius 2 is 2.04 bits per heavy atom. The van der Waals surface area contributed by atoms with E-state index in [0.717, 1.165) is 59.8 Å². The standard InChI is InChI=1S/C19H23BrN4OS/c1-12-21-16-5-3-2-4-15(16)18(22-12)24-8-6-14(7-9-24)23-19(25)17-10-13(20)11-26-17/h10-11,14H,2-9H2,1H3,(H,23,25). The molecule has 1 aliphatic heterocycles. The molecule has 0 spiro atoms. The zero-order valence-corrected chi connectivity index (χ0v) is 17.3. The molecule has 26 heavy (non-hydrogen) atoms. The highest BCUT2D eigenvalue weighted by Crippen LogP contribution is 2.30. The summed E-state index contributed by atoms with van der Waals surface area (Å²) >= 11 is 4.88. The summed E-state index contributed by atoms with van der Waals surface area (Å²) in [6, 6.07) is 2.11. The number of rotatable bonds is 3. The SMILES string of the molecule is Cc1nc2c(c(N3CCC(NC(=O)c4cc(Br)cs4)CC3)n1)CCCC2. The maximum absolute atomic E-state index is 12.4. The highest BCUT2D eigenvalue weighted by molar-refractivity contribution is 9.10. The van der Waals surface area contributed by atoms with Crippen LogP contribution in [0.5, 0.6) is 0 Å². The molecule has 4 rings (SSSR count). The Morgan fingerprint density at radius 3 is 2.77 bits per heavy atom. The lowest BCUT2D eigenvalue weighted by atomic mass is 9.95. The van der Waals surface area contributed by atoms with Gasteiger partial charge in [-0.3, -0.25) is 4.79 Å². The number of aryl methyl sites for hydroxylation is 2. The first kappa shape index (κ1) is 17.9.